The van der Waals surface area contributed by atoms with Gasteiger partial charge in [0, 0.05) is 20.1 Å². The summed E-state index contributed by atoms with van der Waals surface area (Å²) in [6.07, 6.45) is 5.21. The molecule has 1 aromatic carbocycles. The molecule has 0 aromatic heterocycles. The molecule has 1 aliphatic rings. The molecule has 0 bridgehead atoms. The number of hydrogen-bond donors (Lipinski definition) is 2. The van der Waals surface area contributed by atoms with Crippen LogP contribution in [-0.2, 0) is 6.54 Å². The Morgan fingerprint density at radius 1 is 1.23 bits per heavy atom. The largest absolute Gasteiger partial charge is 0.388 e. The summed E-state index contributed by atoms with van der Waals surface area (Å²) in [4.78, 5) is 6.80. The summed E-state index contributed by atoms with van der Waals surface area (Å²) < 4.78 is 0. The minimum absolute atomic E-state index is 0.495. The van der Waals surface area contributed by atoms with Crippen molar-refractivity contribution < 1.29 is 5.11 Å². The smallest absolute Gasteiger partial charge is 0.194 e. The molecule has 0 radical (unpaired) electrons. The summed E-state index contributed by atoms with van der Waals surface area (Å²) in [5.41, 5.74) is 0.652. The van der Waals surface area contributed by atoms with Crippen molar-refractivity contribution in [2.24, 2.45) is 4.99 Å². The van der Waals surface area contributed by atoms with Gasteiger partial charge in [0.05, 0.1) is 12.1 Å². The molecule has 1 saturated carbocycles. The van der Waals surface area contributed by atoms with Crippen LogP contribution in [0.15, 0.2) is 35.3 Å². The molecule has 2 rings (SSSR count). The quantitative estimate of drug-likeness (QED) is 0.649. The standard InChI is InChI=1S/C18H29N3O/c1-3-19-17(20-15-18(22)12-8-5-9-13-18)21(2)14-16-10-6-4-7-11-16/h4,6-7,10-11,22H,3,5,8-9,12-15H2,1-2H3,(H,19,20). The third-order valence-corrected chi connectivity index (χ3v) is 4.27. The molecule has 0 atom stereocenters. The van der Waals surface area contributed by atoms with Gasteiger partial charge in [-0.15, -0.1) is 0 Å². The van der Waals surface area contributed by atoms with Crippen molar-refractivity contribution in [2.45, 2.75) is 51.2 Å². The molecular formula is C18H29N3O. The molecule has 0 aliphatic heterocycles. The lowest BCUT2D eigenvalue weighted by Crippen LogP contribution is -2.41. The fourth-order valence-corrected chi connectivity index (χ4v) is 2.99. The number of nitrogens with one attached hydrogen (secondary N) is 1. The average Bonchev–Trinajstić information content (AvgIpc) is 2.53. The van der Waals surface area contributed by atoms with Crippen LogP contribution in [0.5, 0.6) is 0 Å². The second-order valence-corrected chi connectivity index (χ2v) is 6.30. The van der Waals surface area contributed by atoms with Gasteiger partial charge in [-0.05, 0) is 25.3 Å². The Morgan fingerprint density at radius 2 is 1.91 bits per heavy atom. The molecule has 4 heteroatoms. The van der Waals surface area contributed by atoms with Crippen LogP contribution >= 0.6 is 0 Å². The van der Waals surface area contributed by atoms with Gasteiger partial charge in [0.2, 0.25) is 0 Å². The Labute approximate surface area is 134 Å². The molecule has 4 nitrogen and oxygen atoms in total. The van der Waals surface area contributed by atoms with Crippen molar-refractivity contribution in [1.29, 1.82) is 0 Å². The van der Waals surface area contributed by atoms with E-state index in [0.717, 1.165) is 44.7 Å². The zero-order valence-electron chi connectivity index (χ0n) is 13.9. The van der Waals surface area contributed by atoms with Crippen molar-refractivity contribution in [3.63, 3.8) is 0 Å². The van der Waals surface area contributed by atoms with Gasteiger partial charge in [-0.2, -0.15) is 0 Å². The van der Waals surface area contributed by atoms with E-state index in [2.05, 4.69) is 46.4 Å². The molecule has 1 aliphatic carbocycles. The Bertz CT molecular complexity index is 466. The van der Waals surface area contributed by atoms with Gasteiger partial charge >= 0.3 is 0 Å². The third-order valence-electron chi connectivity index (χ3n) is 4.27. The second kappa shape index (κ2) is 8.18. The maximum absolute atomic E-state index is 10.6. The number of aliphatic imine (C=N–C) groups is 1. The molecule has 0 unspecified atom stereocenters. The lowest BCUT2D eigenvalue weighted by Gasteiger charge is -2.31. The van der Waals surface area contributed by atoms with Crippen LogP contribution in [0.3, 0.4) is 0 Å². The number of nitrogens with zero attached hydrogens (tertiary/aromatic N) is 2. The van der Waals surface area contributed by atoms with E-state index in [-0.39, 0.29) is 0 Å². The fraction of sp³-hybridized carbons (Fsp3) is 0.611. The Balaban J connectivity index is 1.99. The van der Waals surface area contributed by atoms with Crippen LogP contribution in [0.25, 0.3) is 0 Å². The summed E-state index contributed by atoms with van der Waals surface area (Å²) in [5.74, 6) is 0.866. The Morgan fingerprint density at radius 3 is 2.55 bits per heavy atom. The van der Waals surface area contributed by atoms with E-state index in [9.17, 15) is 5.11 Å². The zero-order valence-corrected chi connectivity index (χ0v) is 13.9. The summed E-state index contributed by atoms with van der Waals surface area (Å²) in [7, 11) is 2.04. The molecule has 1 aromatic rings. The molecule has 122 valence electrons. The minimum Gasteiger partial charge on any atom is -0.388 e. The van der Waals surface area contributed by atoms with Crippen LogP contribution in [0.1, 0.15) is 44.6 Å². The number of guanidine groups is 1. The zero-order chi connectivity index (χ0) is 15.8. The van der Waals surface area contributed by atoms with Gasteiger partial charge in [-0.25, -0.2) is 0 Å². The maximum atomic E-state index is 10.6. The highest BCUT2D eigenvalue weighted by Gasteiger charge is 2.29. The number of aliphatic hydroxyl groups is 1. The van der Waals surface area contributed by atoms with Crippen molar-refractivity contribution >= 4 is 5.96 Å². The first-order valence-electron chi connectivity index (χ1n) is 8.39. The average molecular weight is 303 g/mol. The van der Waals surface area contributed by atoms with E-state index in [1.54, 1.807) is 0 Å². The molecule has 0 saturated heterocycles. The molecule has 0 heterocycles. The molecular weight excluding hydrogens is 274 g/mol. The summed E-state index contributed by atoms with van der Waals surface area (Å²) in [6.45, 7) is 4.21. The van der Waals surface area contributed by atoms with Crippen molar-refractivity contribution in [2.75, 3.05) is 20.1 Å². The second-order valence-electron chi connectivity index (χ2n) is 6.30. The lowest BCUT2D eigenvalue weighted by atomic mass is 9.85. The topological polar surface area (TPSA) is 47.9 Å². The minimum atomic E-state index is -0.605. The van der Waals surface area contributed by atoms with E-state index >= 15 is 0 Å². The maximum Gasteiger partial charge on any atom is 0.194 e. The SMILES string of the molecule is CCNC(=NCC1(O)CCCCC1)N(C)Cc1ccccc1. The molecule has 1 fully saturated rings. The van der Waals surface area contributed by atoms with Crippen LogP contribution in [0.4, 0.5) is 0 Å². The van der Waals surface area contributed by atoms with Crippen molar-refractivity contribution in [3.8, 4) is 0 Å². The predicted octanol–water partition coefficient (Wildman–Crippen LogP) is 2.78. The van der Waals surface area contributed by atoms with Crippen molar-refractivity contribution in [1.82, 2.24) is 10.2 Å². The number of benzene rings is 1. The molecule has 0 spiro atoms. The van der Waals surface area contributed by atoms with Gasteiger partial charge in [-0.1, -0.05) is 49.6 Å². The first-order chi connectivity index (χ1) is 10.6. The van der Waals surface area contributed by atoms with Gasteiger partial charge in [0.25, 0.3) is 0 Å². The highest BCUT2D eigenvalue weighted by Crippen LogP contribution is 2.28. The fourth-order valence-electron chi connectivity index (χ4n) is 2.99. The molecule has 2 N–H and O–H groups in total. The first-order valence-corrected chi connectivity index (χ1v) is 8.39. The highest BCUT2D eigenvalue weighted by atomic mass is 16.3. The first kappa shape index (κ1) is 16.8. The predicted molar refractivity (Wildman–Crippen MR) is 91.9 cm³/mol. The van der Waals surface area contributed by atoms with E-state index < -0.39 is 5.60 Å². The lowest BCUT2D eigenvalue weighted by molar-refractivity contribution is 0.0130. The van der Waals surface area contributed by atoms with Gasteiger partial charge in [0.15, 0.2) is 5.96 Å². The van der Waals surface area contributed by atoms with E-state index in [1.807, 2.05) is 13.1 Å². The van der Waals surface area contributed by atoms with E-state index in [0.29, 0.717) is 6.54 Å². The summed E-state index contributed by atoms with van der Waals surface area (Å²) in [6, 6.07) is 10.4. The van der Waals surface area contributed by atoms with Crippen LogP contribution < -0.4 is 5.32 Å². The summed E-state index contributed by atoms with van der Waals surface area (Å²) >= 11 is 0. The Kier molecular flexibility index (Phi) is 6.25. The van der Waals surface area contributed by atoms with E-state index in [1.165, 1.54) is 12.0 Å². The van der Waals surface area contributed by atoms with Crippen LogP contribution in [0, 0.1) is 0 Å². The summed E-state index contributed by atoms with van der Waals surface area (Å²) in [5, 5.41) is 13.9. The number of rotatable bonds is 5. The van der Waals surface area contributed by atoms with Crippen LogP contribution in [0.2, 0.25) is 0 Å². The Hall–Kier alpha value is -1.55. The normalized spacial score (nSPS) is 18.0. The molecule has 22 heavy (non-hydrogen) atoms. The van der Waals surface area contributed by atoms with E-state index in [4.69, 9.17) is 0 Å². The van der Waals surface area contributed by atoms with Gasteiger partial charge < -0.3 is 15.3 Å². The van der Waals surface area contributed by atoms with Crippen LogP contribution in [-0.4, -0.2) is 41.7 Å². The highest BCUT2D eigenvalue weighted by molar-refractivity contribution is 5.79. The van der Waals surface area contributed by atoms with Crippen molar-refractivity contribution in [3.05, 3.63) is 35.9 Å². The van der Waals surface area contributed by atoms with Gasteiger partial charge in [-0.3, -0.25) is 4.99 Å². The van der Waals surface area contributed by atoms with Gasteiger partial charge in [0.1, 0.15) is 0 Å². The molecule has 0 amide bonds. The third kappa shape index (κ3) is 5.02. The number of hydrogen-bond acceptors (Lipinski definition) is 2. The monoisotopic (exact) mass is 303 g/mol.